The SMILES string of the molecule is CCC[N+](C)(C)CCN(C)CC. The monoisotopic (exact) mass is 173 g/mol. The average Bonchev–Trinajstić information content (AvgIpc) is 2.00. The second-order valence-electron chi connectivity index (χ2n) is 4.28. The van der Waals surface area contributed by atoms with Crippen LogP contribution in [0.1, 0.15) is 20.3 Å². The van der Waals surface area contributed by atoms with Gasteiger partial charge in [-0.15, -0.1) is 0 Å². The maximum atomic E-state index is 2.37. The Bertz CT molecular complexity index is 110. The molecule has 0 saturated heterocycles. The zero-order valence-corrected chi connectivity index (χ0v) is 9.43. The zero-order chi connectivity index (χ0) is 9.61. The van der Waals surface area contributed by atoms with Gasteiger partial charge >= 0.3 is 0 Å². The van der Waals surface area contributed by atoms with E-state index in [1.165, 1.54) is 26.1 Å². The Morgan fingerprint density at radius 2 is 1.67 bits per heavy atom. The molecule has 0 amide bonds. The van der Waals surface area contributed by atoms with E-state index in [2.05, 4.69) is 39.9 Å². The molecule has 0 aliphatic rings. The van der Waals surface area contributed by atoms with Crippen molar-refractivity contribution in [1.29, 1.82) is 0 Å². The summed E-state index contributed by atoms with van der Waals surface area (Å²) in [4.78, 5) is 2.37. The molecule has 0 aromatic rings. The van der Waals surface area contributed by atoms with Crippen molar-refractivity contribution in [2.75, 3.05) is 47.3 Å². The van der Waals surface area contributed by atoms with Crippen molar-refractivity contribution in [3.8, 4) is 0 Å². The smallest absolute Gasteiger partial charge is 0.0911 e. The number of hydrogen-bond donors (Lipinski definition) is 0. The quantitative estimate of drug-likeness (QED) is 0.549. The maximum absolute atomic E-state index is 2.37. The molecule has 0 spiro atoms. The molecule has 0 unspecified atom stereocenters. The molecule has 0 saturated carbocycles. The summed E-state index contributed by atoms with van der Waals surface area (Å²) in [6.45, 7) is 9.38. The van der Waals surface area contributed by atoms with E-state index in [0.717, 1.165) is 11.0 Å². The van der Waals surface area contributed by atoms with Gasteiger partial charge in [-0.25, -0.2) is 0 Å². The normalized spacial score (nSPS) is 12.5. The maximum Gasteiger partial charge on any atom is 0.0911 e. The van der Waals surface area contributed by atoms with Crippen LogP contribution in [-0.4, -0.2) is 56.7 Å². The second kappa shape index (κ2) is 5.55. The first kappa shape index (κ1) is 11.9. The molecule has 2 nitrogen and oxygen atoms in total. The van der Waals surface area contributed by atoms with Crippen molar-refractivity contribution >= 4 is 0 Å². The molecule has 0 aromatic heterocycles. The van der Waals surface area contributed by atoms with E-state index in [0.29, 0.717) is 0 Å². The summed E-state index contributed by atoms with van der Waals surface area (Å²) in [5, 5.41) is 0. The Balaban J connectivity index is 3.59. The molecule has 0 bridgehead atoms. The topological polar surface area (TPSA) is 3.24 Å². The largest absolute Gasteiger partial charge is 0.327 e. The molecule has 0 radical (unpaired) electrons. The number of likely N-dealkylation sites (N-methyl/N-ethyl adjacent to an activating group) is 2. The fraction of sp³-hybridized carbons (Fsp3) is 1.00. The fourth-order valence-corrected chi connectivity index (χ4v) is 1.32. The van der Waals surface area contributed by atoms with Crippen LogP contribution in [0.5, 0.6) is 0 Å². The van der Waals surface area contributed by atoms with E-state index in [9.17, 15) is 0 Å². The van der Waals surface area contributed by atoms with Crippen molar-refractivity contribution in [3.05, 3.63) is 0 Å². The third kappa shape index (κ3) is 5.56. The van der Waals surface area contributed by atoms with Crippen LogP contribution in [0.3, 0.4) is 0 Å². The summed E-state index contributed by atoms with van der Waals surface area (Å²) >= 11 is 0. The van der Waals surface area contributed by atoms with E-state index in [1.54, 1.807) is 0 Å². The summed E-state index contributed by atoms with van der Waals surface area (Å²) in [5.74, 6) is 0. The zero-order valence-electron chi connectivity index (χ0n) is 9.43. The molecule has 0 aromatic carbocycles. The standard InChI is InChI=1S/C10H25N2/c1-6-9-12(4,5)10-8-11(3)7-2/h6-10H2,1-5H3/q+1. The van der Waals surface area contributed by atoms with Crippen LogP contribution in [0.25, 0.3) is 0 Å². The van der Waals surface area contributed by atoms with Gasteiger partial charge in [-0.3, -0.25) is 0 Å². The van der Waals surface area contributed by atoms with Gasteiger partial charge in [0.2, 0.25) is 0 Å². The van der Waals surface area contributed by atoms with E-state index >= 15 is 0 Å². The fourth-order valence-electron chi connectivity index (χ4n) is 1.32. The Morgan fingerprint density at radius 3 is 2.08 bits per heavy atom. The van der Waals surface area contributed by atoms with Gasteiger partial charge in [0.15, 0.2) is 0 Å². The number of quaternary nitrogens is 1. The molecule has 0 rings (SSSR count). The first-order chi connectivity index (χ1) is 5.52. The van der Waals surface area contributed by atoms with Gasteiger partial charge in [-0.2, -0.15) is 0 Å². The van der Waals surface area contributed by atoms with Crippen LogP contribution in [0.2, 0.25) is 0 Å². The Labute approximate surface area is 77.8 Å². The highest BCUT2D eigenvalue weighted by Gasteiger charge is 2.13. The van der Waals surface area contributed by atoms with E-state index in [4.69, 9.17) is 0 Å². The molecule has 0 aliphatic carbocycles. The molecule has 12 heavy (non-hydrogen) atoms. The molecule has 2 heteroatoms. The lowest BCUT2D eigenvalue weighted by atomic mass is 10.3. The predicted molar refractivity (Wildman–Crippen MR) is 55.3 cm³/mol. The van der Waals surface area contributed by atoms with Crippen LogP contribution in [-0.2, 0) is 0 Å². The lowest BCUT2D eigenvalue weighted by Crippen LogP contribution is -2.45. The highest BCUT2D eigenvalue weighted by molar-refractivity contribution is 4.45. The highest BCUT2D eigenvalue weighted by atomic mass is 15.3. The van der Waals surface area contributed by atoms with Gasteiger partial charge in [0, 0.05) is 6.54 Å². The molecular formula is C10H25N2+. The molecule has 0 heterocycles. The lowest BCUT2D eigenvalue weighted by molar-refractivity contribution is -0.889. The third-order valence-electron chi connectivity index (χ3n) is 2.46. The predicted octanol–water partition coefficient (Wildman–Crippen LogP) is 1.42. The second-order valence-corrected chi connectivity index (χ2v) is 4.28. The highest BCUT2D eigenvalue weighted by Crippen LogP contribution is 1.98. The first-order valence-corrected chi connectivity index (χ1v) is 5.02. The van der Waals surface area contributed by atoms with Crippen LogP contribution >= 0.6 is 0 Å². The summed E-state index contributed by atoms with van der Waals surface area (Å²) in [7, 11) is 6.81. The molecule has 0 atom stereocenters. The lowest BCUT2D eigenvalue weighted by Gasteiger charge is -2.31. The number of rotatable bonds is 6. The van der Waals surface area contributed by atoms with Gasteiger partial charge in [0.25, 0.3) is 0 Å². The van der Waals surface area contributed by atoms with Gasteiger partial charge < -0.3 is 9.38 Å². The van der Waals surface area contributed by atoms with Crippen molar-refractivity contribution in [3.63, 3.8) is 0 Å². The number of hydrogen-bond acceptors (Lipinski definition) is 1. The van der Waals surface area contributed by atoms with Gasteiger partial charge in [0.05, 0.1) is 27.2 Å². The van der Waals surface area contributed by atoms with E-state index < -0.39 is 0 Å². The van der Waals surface area contributed by atoms with Crippen LogP contribution in [0.4, 0.5) is 0 Å². The van der Waals surface area contributed by atoms with E-state index in [-0.39, 0.29) is 0 Å². The minimum absolute atomic E-state index is 1.15. The first-order valence-electron chi connectivity index (χ1n) is 5.02. The van der Waals surface area contributed by atoms with Crippen LogP contribution < -0.4 is 0 Å². The van der Waals surface area contributed by atoms with Crippen molar-refractivity contribution in [2.24, 2.45) is 0 Å². The molecule has 0 fully saturated rings. The average molecular weight is 173 g/mol. The Kier molecular flexibility index (Phi) is 5.51. The Hall–Kier alpha value is -0.0800. The minimum atomic E-state index is 1.15. The summed E-state index contributed by atoms with van der Waals surface area (Å²) in [6, 6.07) is 0. The molecule has 0 N–H and O–H groups in total. The summed E-state index contributed by atoms with van der Waals surface area (Å²) < 4.78 is 1.15. The van der Waals surface area contributed by atoms with Crippen molar-refractivity contribution in [2.45, 2.75) is 20.3 Å². The van der Waals surface area contributed by atoms with Gasteiger partial charge in [-0.1, -0.05) is 13.8 Å². The molecule has 74 valence electrons. The third-order valence-corrected chi connectivity index (χ3v) is 2.46. The number of nitrogens with zero attached hydrogens (tertiary/aromatic N) is 2. The van der Waals surface area contributed by atoms with Crippen molar-refractivity contribution in [1.82, 2.24) is 4.90 Å². The van der Waals surface area contributed by atoms with Crippen molar-refractivity contribution < 1.29 is 4.48 Å². The minimum Gasteiger partial charge on any atom is -0.327 e. The van der Waals surface area contributed by atoms with Crippen LogP contribution in [0, 0.1) is 0 Å². The van der Waals surface area contributed by atoms with E-state index in [1.807, 2.05) is 0 Å². The van der Waals surface area contributed by atoms with Crippen LogP contribution in [0.15, 0.2) is 0 Å². The summed E-state index contributed by atoms with van der Waals surface area (Å²) in [5.41, 5.74) is 0. The van der Waals surface area contributed by atoms with Gasteiger partial charge in [-0.05, 0) is 20.0 Å². The van der Waals surface area contributed by atoms with Gasteiger partial charge in [0.1, 0.15) is 0 Å². The summed E-state index contributed by atoms with van der Waals surface area (Å²) in [6.07, 6.45) is 1.28. The Morgan fingerprint density at radius 1 is 1.08 bits per heavy atom. The molecular weight excluding hydrogens is 148 g/mol. The molecule has 0 aliphatic heterocycles.